The van der Waals surface area contributed by atoms with Crippen LogP contribution in [0.2, 0.25) is 0 Å². The highest BCUT2D eigenvalue weighted by molar-refractivity contribution is 14.1. The molecule has 0 fully saturated rings. The highest BCUT2D eigenvalue weighted by Crippen LogP contribution is 2.45. The van der Waals surface area contributed by atoms with E-state index in [1.807, 2.05) is 6.07 Å². The lowest BCUT2D eigenvalue weighted by Gasteiger charge is -2.37. The third-order valence-corrected chi connectivity index (χ3v) is 4.94. The van der Waals surface area contributed by atoms with Crippen LogP contribution in [0.15, 0.2) is 12.1 Å². The van der Waals surface area contributed by atoms with Crippen LogP contribution in [0.25, 0.3) is 0 Å². The van der Waals surface area contributed by atoms with Crippen molar-refractivity contribution in [1.82, 2.24) is 0 Å². The topological polar surface area (TPSA) is 42.2 Å². The first-order valence-corrected chi connectivity index (χ1v) is 6.80. The molecule has 0 saturated heterocycles. The lowest BCUT2D eigenvalue weighted by atomic mass is 9.79. The van der Waals surface area contributed by atoms with E-state index in [-0.39, 0.29) is 9.53 Å². The fourth-order valence-electron chi connectivity index (χ4n) is 2.12. The smallest absolute Gasteiger partial charge is 0.187 e. The lowest BCUT2D eigenvalue weighted by molar-refractivity contribution is -0.239. The maximum absolute atomic E-state index is 9.11. The summed E-state index contributed by atoms with van der Waals surface area (Å²) in [7, 11) is 0. The van der Waals surface area contributed by atoms with Gasteiger partial charge < -0.3 is 4.89 Å². The minimum absolute atomic E-state index is 0.0631. The number of nitrogens with zero attached hydrogens (tertiary/aromatic N) is 1. The molecule has 17 heavy (non-hydrogen) atoms. The number of nitriles is 1. The molecule has 0 aromatic heterocycles. The van der Waals surface area contributed by atoms with E-state index in [0.717, 1.165) is 12.0 Å². The van der Waals surface area contributed by atoms with E-state index < -0.39 is 0 Å². The molecule has 0 N–H and O–H groups in total. The normalized spacial score (nSPS) is 21.2. The summed E-state index contributed by atoms with van der Waals surface area (Å²) in [5.41, 5.74) is 2.69. The standard InChI is InChI=1S/C13H14INO2/c1-4-8-5-6-9(7-15)11-10(8)13(2,3)12(14)17-16-11/h5-6,12H,4H2,1-3H3. The van der Waals surface area contributed by atoms with Gasteiger partial charge in [0, 0.05) is 11.0 Å². The van der Waals surface area contributed by atoms with Crippen LogP contribution < -0.4 is 4.89 Å². The molecule has 4 heteroatoms. The van der Waals surface area contributed by atoms with Crippen molar-refractivity contribution in [1.29, 1.82) is 5.26 Å². The maximum atomic E-state index is 9.11. The van der Waals surface area contributed by atoms with Crippen LogP contribution in [0.5, 0.6) is 5.75 Å². The molecular weight excluding hydrogens is 329 g/mol. The summed E-state index contributed by atoms with van der Waals surface area (Å²) in [5, 5.41) is 9.11. The maximum Gasteiger partial charge on any atom is 0.187 e. The van der Waals surface area contributed by atoms with Crippen molar-refractivity contribution in [3.8, 4) is 11.8 Å². The molecule has 1 atom stereocenters. The van der Waals surface area contributed by atoms with E-state index in [2.05, 4.69) is 49.4 Å². The first-order chi connectivity index (χ1) is 8.02. The number of fused-ring (bicyclic) bond motifs is 1. The van der Waals surface area contributed by atoms with Crippen LogP contribution in [-0.2, 0) is 16.7 Å². The average Bonchev–Trinajstić information content (AvgIpc) is 2.32. The number of hydrogen-bond acceptors (Lipinski definition) is 3. The average molecular weight is 343 g/mol. The first-order valence-electron chi connectivity index (χ1n) is 5.56. The Morgan fingerprint density at radius 3 is 2.76 bits per heavy atom. The fourth-order valence-corrected chi connectivity index (χ4v) is 2.54. The zero-order chi connectivity index (χ0) is 12.6. The van der Waals surface area contributed by atoms with Crippen molar-refractivity contribution < 1.29 is 9.78 Å². The summed E-state index contributed by atoms with van der Waals surface area (Å²) in [4.78, 5) is 10.6. The Balaban J connectivity index is 2.72. The number of aryl methyl sites for hydroxylation is 1. The monoisotopic (exact) mass is 343 g/mol. The number of hydrogen-bond donors (Lipinski definition) is 0. The summed E-state index contributed by atoms with van der Waals surface area (Å²) in [6, 6.07) is 5.96. The molecule has 0 amide bonds. The van der Waals surface area contributed by atoms with Crippen molar-refractivity contribution in [3.05, 3.63) is 28.8 Å². The molecule has 0 saturated carbocycles. The second-order valence-corrected chi connectivity index (χ2v) is 5.79. The summed E-state index contributed by atoms with van der Waals surface area (Å²) in [5.74, 6) is 0.588. The van der Waals surface area contributed by atoms with Gasteiger partial charge in [-0.15, -0.1) is 0 Å². The molecule has 1 unspecified atom stereocenters. The van der Waals surface area contributed by atoms with Gasteiger partial charge in [-0.25, -0.2) is 0 Å². The van der Waals surface area contributed by atoms with Gasteiger partial charge in [-0.1, -0.05) is 26.8 Å². The Morgan fingerprint density at radius 2 is 2.18 bits per heavy atom. The van der Waals surface area contributed by atoms with Crippen LogP contribution in [0.1, 0.15) is 37.5 Å². The Hall–Kier alpha value is -0.800. The third kappa shape index (κ3) is 1.91. The van der Waals surface area contributed by atoms with Gasteiger partial charge in [-0.3, -0.25) is 0 Å². The predicted octanol–water partition coefficient (Wildman–Crippen LogP) is 3.48. The van der Waals surface area contributed by atoms with E-state index in [1.54, 1.807) is 6.07 Å². The zero-order valence-electron chi connectivity index (χ0n) is 10.1. The SMILES string of the molecule is CCc1ccc(C#N)c2c1C(C)(C)C(I)OO2. The van der Waals surface area contributed by atoms with Crippen molar-refractivity contribution in [2.24, 2.45) is 0 Å². The van der Waals surface area contributed by atoms with Crippen molar-refractivity contribution in [3.63, 3.8) is 0 Å². The predicted molar refractivity (Wildman–Crippen MR) is 73.1 cm³/mol. The van der Waals surface area contributed by atoms with Gasteiger partial charge in [0.1, 0.15) is 6.07 Å². The molecule has 0 aliphatic carbocycles. The molecule has 2 rings (SSSR count). The molecule has 0 bridgehead atoms. The summed E-state index contributed by atoms with van der Waals surface area (Å²) < 4.78 is -0.0631. The van der Waals surface area contributed by atoms with Gasteiger partial charge in [0.05, 0.1) is 5.56 Å². The van der Waals surface area contributed by atoms with Gasteiger partial charge in [0.15, 0.2) is 9.86 Å². The summed E-state index contributed by atoms with van der Waals surface area (Å²) >= 11 is 2.22. The summed E-state index contributed by atoms with van der Waals surface area (Å²) in [6.07, 6.45) is 0.921. The minimum atomic E-state index is -0.160. The molecule has 0 radical (unpaired) electrons. The third-order valence-electron chi connectivity index (χ3n) is 3.17. The number of rotatable bonds is 1. The lowest BCUT2D eigenvalue weighted by Crippen LogP contribution is -2.38. The second kappa shape index (κ2) is 4.46. The molecule has 1 aliphatic heterocycles. The van der Waals surface area contributed by atoms with Crippen molar-refractivity contribution >= 4 is 22.6 Å². The van der Waals surface area contributed by atoms with Crippen molar-refractivity contribution in [2.45, 2.75) is 36.7 Å². The van der Waals surface area contributed by atoms with E-state index >= 15 is 0 Å². The zero-order valence-corrected chi connectivity index (χ0v) is 12.2. The molecule has 1 aromatic carbocycles. The van der Waals surface area contributed by atoms with Gasteiger partial charge in [0.25, 0.3) is 0 Å². The molecule has 1 aromatic rings. The molecule has 1 aliphatic rings. The van der Waals surface area contributed by atoms with Crippen LogP contribution >= 0.6 is 22.6 Å². The Morgan fingerprint density at radius 1 is 1.47 bits per heavy atom. The van der Waals surface area contributed by atoms with E-state index in [4.69, 9.17) is 15.0 Å². The second-order valence-electron chi connectivity index (χ2n) is 4.66. The van der Waals surface area contributed by atoms with Crippen molar-refractivity contribution in [2.75, 3.05) is 0 Å². The van der Waals surface area contributed by atoms with Crippen LogP contribution in [0.4, 0.5) is 0 Å². The van der Waals surface area contributed by atoms with E-state index in [0.29, 0.717) is 11.3 Å². The van der Waals surface area contributed by atoms with Crippen LogP contribution in [0, 0.1) is 11.3 Å². The van der Waals surface area contributed by atoms with Crippen LogP contribution in [-0.4, -0.2) is 4.11 Å². The molecule has 90 valence electrons. The molecule has 3 nitrogen and oxygen atoms in total. The van der Waals surface area contributed by atoms with Crippen LogP contribution in [0.3, 0.4) is 0 Å². The first kappa shape index (κ1) is 12.7. The van der Waals surface area contributed by atoms with E-state index in [1.165, 1.54) is 5.56 Å². The molecule has 0 spiro atoms. The Labute approximate surface area is 115 Å². The van der Waals surface area contributed by atoms with Gasteiger partial charge in [-0.05, 0) is 40.6 Å². The van der Waals surface area contributed by atoms with Gasteiger partial charge in [-0.2, -0.15) is 10.1 Å². The highest BCUT2D eigenvalue weighted by atomic mass is 127. The largest absolute Gasteiger partial charge is 0.335 e. The summed E-state index contributed by atoms with van der Waals surface area (Å²) in [6.45, 7) is 6.34. The Bertz CT molecular complexity index is 491. The number of halogens is 1. The quantitative estimate of drug-likeness (QED) is 0.445. The highest BCUT2D eigenvalue weighted by Gasteiger charge is 2.41. The molecular formula is C13H14INO2. The van der Waals surface area contributed by atoms with Gasteiger partial charge in [0.2, 0.25) is 0 Å². The van der Waals surface area contributed by atoms with E-state index in [9.17, 15) is 0 Å². The number of benzene rings is 1. The van der Waals surface area contributed by atoms with Gasteiger partial charge >= 0.3 is 0 Å². The minimum Gasteiger partial charge on any atom is -0.335 e. The number of alkyl halides is 1. The molecule has 1 heterocycles. The fraction of sp³-hybridized carbons (Fsp3) is 0.462. The Kier molecular flexibility index (Phi) is 3.32.